The van der Waals surface area contributed by atoms with Crippen molar-refractivity contribution in [3.8, 4) is 5.75 Å². The number of ketones is 1. The van der Waals surface area contributed by atoms with Crippen molar-refractivity contribution in [2.24, 2.45) is 0 Å². The van der Waals surface area contributed by atoms with Gasteiger partial charge in [0, 0.05) is 18.4 Å². The second-order valence-corrected chi connectivity index (χ2v) is 3.93. The van der Waals surface area contributed by atoms with Crippen LogP contribution in [-0.2, 0) is 9.53 Å². The molecule has 0 spiro atoms. The minimum Gasteiger partial charge on any atom is -0.497 e. The fraction of sp³-hybridized carbons (Fsp3) is 0.429. The third-order valence-electron chi connectivity index (χ3n) is 2.67. The third-order valence-corrected chi connectivity index (χ3v) is 2.67. The van der Waals surface area contributed by atoms with Gasteiger partial charge in [-0.15, -0.1) is 0 Å². The summed E-state index contributed by atoms with van der Waals surface area (Å²) < 4.78 is 9.55. The van der Waals surface area contributed by atoms with Crippen molar-refractivity contribution in [3.05, 3.63) is 29.8 Å². The van der Waals surface area contributed by atoms with Crippen LogP contribution in [0.5, 0.6) is 5.75 Å². The highest BCUT2D eigenvalue weighted by Gasteiger charge is 2.06. The maximum absolute atomic E-state index is 11.8. The zero-order valence-corrected chi connectivity index (χ0v) is 10.8. The van der Waals surface area contributed by atoms with Crippen LogP contribution in [0.3, 0.4) is 0 Å². The van der Waals surface area contributed by atoms with Crippen LogP contribution in [0.4, 0.5) is 0 Å². The average Bonchev–Trinajstić information content (AvgIpc) is 2.43. The summed E-state index contributed by atoms with van der Waals surface area (Å²) in [5.41, 5.74) is 0.675. The molecule has 0 unspecified atom stereocenters. The number of hydrogen-bond acceptors (Lipinski definition) is 4. The SMILES string of the molecule is COC(=O)CCCCC(=O)c1ccc(OC)cc1. The van der Waals surface area contributed by atoms with Gasteiger partial charge in [-0.2, -0.15) is 0 Å². The van der Waals surface area contributed by atoms with E-state index in [9.17, 15) is 9.59 Å². The van der Waals surface area contributed by atoms with E-state index in [2.05, 4.69) is 4.74 Å². The van der Waals surface area contributed by atoms with Gasteiger partial charge in [0.1, 0.15) is 5.75 Å². The van der Waals surface area contributed by atoms with Crippen LogP contribution in [0, 0.1) is 0 Å². The van der Waals surface area contributed by atoms with Crippen molar-refractivity contribution < 1.29 is 19.1 Å². The molecule has 0 N–H and O–H groups in total. The lowest BCUT2D eigenvalue weighted by molar-refractivity contribution is -0.140. The van der Waals surface area contributed by atoms with Crippen molar-refractivity contribution in [2.75, 3.05) is 14.2 Å². The van der Waals surface area contributed by atoms with Crippen LogP contribution in [0.1, 0.15) is 36.0 Å². The second kappa shape index (κ2) is 7.48. The van der Waals surface area contributed by atoms with Crippen LogP contribution >= 0.6 is 0 Å². The Labute approximate surface area is 107 Å². The van der Waals surface area contributed by atoms with Crippen molar-refractivity contribution in [3.63, 3.8) is 0 Å². The molecular formula is C14H18O4. The fourth-order valence-electron chi connectivity index (χ4n) is 1.58. The number of rotatable bonds is 7. The van der Waals surface area contributed by atoms with Crippen molar-refractivity contribution >= 4 is 11.8 Å². The van der Waals surface area contributed by atoms with E-state index >= 15 is 0 Å². The maximum Gasteiger partial charge on any atom is 0.305 e. The summed E-state index contributed by atoms with van der Waals surface area (Å²) in [7, 11) is 2.95. The smallest absolute Gasteiger partial charge is 0.305 e. The molecule has 0 radical (unpaired) electrons. The Morgan fingerprint density at radius 3 is 2.17 bits per heavy atom. The van der Waals surface area contributed by atoms with Gasteiger partial charge in [0.2, 0.25) is 0 Å². The van der Waals surface area contributed by atoms with Crippen LogP contribution in [0.15, 0.2) is 24.3 Å². The maximum atomic E-state index is 11.8. The Hall–Kier alpha value is -1.84. The third kappa shape index (κ3) is 4.57. The first kappa shape index (κ1) is 14.2. The molecule has 1 aromatic carbocycles. The van der Waals surface area contributed by atoms with Gasteiger partial charge >= 0.3 is 5.97 Å². The fourth-order valence-corrected chi connectivity index (χ4v) is 1.58. The van der Waals surface area contributed by atoms with Gasteiger partial charge in [-0.1, -0.05) is 0 Å². The number of ether oxygens (including phenoxy) is 2. The van der Waals surface area contributed by atoms with Crippen LogP contribution in [0.2, 0.25) is 0 Å². The molecule has 0 fully saturated rings. The van der Waals surface area contributed by atoms with E-state index in [1.807, 2.05) is 0 Å². The molecule has 18 heavy (non-hydrogen) atoms. The lowest BCUT2D eigenvalue weighted by Crippen LogP contribution is -2.02. The van der Waals surface area contributed by atoms with Gasteiger partial charge in [0.15, 0.2) is 5.78 Å². The molecule has 0 aliphatic heterocycles. The molecular weight excluding hydrogens is 232 g/mol. The summed E-state index contributed by atoms with van der Waals surface area (Å²) in [6.45, 7) is 0. The van der Waals surface area contributed by atoms with E-state index in [0.29, 0.717) is 31.2 Å². The van der Waals surface area contributed by atoms with E-state index in [1.165, 1.54) is 7.11 Å². The number of benzene rings is 1. The Balaban J connectivity index is 2.33. The van der Waals surface area contributed by atoms with E-state index < -0.39 is 0 Å². The number of Topliss-reactive ketones (excluding diaryl/α,β-unsaturated/α-hetero) is 1. The average molecular weight is 250 g/mol. The highest BCUT2D eigenvalue weighted by atomic mass is 16.5. The summed E-state index contributed by atoms with van der Waals surface area (Å²) in [6, 6.07) is 7.03. The van der Waals surface area contributed by atoms with Gasteiger partial charge in [0.25, 0.3) is 0 Å². The predicted octanol–water partition coefficient (Wildman–Crippen LogP) is 2.61. The molecule has 0 atom stereocenters. The normalized spacial score (nSPS) is 9.89. The first-order chi connectivity index (χ1) is 8.67. The minimum atomic E-state index is -0.230. The number of unbranched alkanes of at least 4 members (excludes halogenated alkanes) is 1. The monoisotopic (exact) mass is 250 g/mol. The number of methoxy groups -OCH3 is 2. The Bertz CT molecular complexity index is 395. The molecule has 0 amide bonds. The van der Waals surface area contributed by atoms with Crippen LogP contribution in [-0.4, -0.2) is 26.0 Å². The summed E-state index contributed by atoms with van der Waals surface area (Å²) in [6.07, 6.45) is 2.18. The van der Waals surface area contributed by atoms with Crippen LogP contribution < -0.4 is 4.74 Å². The molecule has 0 saturated heterocycles. The van der Waals surface area contributed by atoms with Crippen molar-refractivity contribution in [1.29, 1.82) is 0 Å². The molecule has 1 rings (SSSR count). The Morgan fingerprint density at radius 1 is 1.00 bits per heavy atom. The first-order valence-corrected chi connectivity index (χ1v) is 5.91. The molecule has 4 nitrogen and oxygen atoms in total. The molecule has 0 bridgehead atoms. The standard InChI is InChI=1S/C14H18O4/c1-17-12-9-7-11(8-10-12)13(15)5-3-4-6-14(16)18-2/h7-10H,3-6H2,1-2H3. The quantitative estimate of drug-likeness (QED) is 0.424. The number of hydrogen-bond donors (Lipinski definition) is 0. The van der Waals surface area contributed by atoms with Crippen LogP contribution in [0.25, 0.3) is 0 Å². The molecule has 4 heteroatoms. The van der Waals surface area contributed by atoms with Crippen molar-refractivity contribution in [1.82, 2.24) is 0 Å². The molecule has 0 aliphatic rings. The highest BCUT2D eigenvalue weighted by Crippen LogP contribution is 2.14. The van der Waals surface area contributed by atoms with E-state index in [-0.39, 0.29) is 11.8 Å². The van der Waals surface area contributed by atoms with E-state index in [0.717, 1.165) is 5.75 Å². The topological polar surface area (TPSA) is 52.6 Å². The summed E-state index contributed by atoms with van der Waals surface area (Å²) in [4.78, 5) is 22.7. The summed E-state index contributed by atoms with van der Waals surface area (Å²) in [5, 5.41) is 0. The molecule has 1 aromatic rings. The lowest BCUT2D eigenvalue weighted by Gasteiger charge is -2.03. The van der Waals surface area contributed by atoms with Gasteiger partial charge < -0.3 is 9.47 Å². The van der Waals surface area contributed by atoms with E-state index in [4.69, 9.17) is 4.74 Å². The zero-order valence-electron chi connectivity index (χ0n) is 10.8. The molecule has 0 heterocycles. The Morgan fingerprint density at radius 2 is 1.61 bits per heavy atom. The van der Waals surface area contributed by atoms with Gasteiger partial charge in [0.05, 0.1) is 14.2 Å². The Kier molecular flexibility index (Phi) is 5.91. The second-order valence-electron chi connectivity index (χ2n) is 3.93. The number of carbonyl (C=O) groups excluding carboxylic acids is 2. The van der Waals surface area contributed by atoms with Crippen molar-refractivity contribution in [2.45, 2.75) is 25.7 Å². The first-order valence-electron chi connectivity index (χ1n) is 5.91. The predicted molar refractivity (Wildman–Crippen MR) is 67.8 cm³/mol. The molecule has 0 aliphatic carbocycles. The number of esters is 1. The minimum absolute atomic E-state index is 0.0857. The van der Waals surface area contributed by atoms with Gasteiger partial charge in [-0.3, -0.25) is 9.59 Å². The summed E-state index contributed by atoms with van der Waals surface area (Å²) in [5.74, 6) is 0.589. The van der Waals surface area contributed by atoms with Gasteiger partial charge in [-0.25, -0.2) is 0 Å². The molecule has 98 valence electrons. The lowest BCUT2D eigenvalue weighted by atomic mass is 10.0. The summed E-state index contributed by atoms with van der Waals surface area (Å²) >= 11 is 0. The highest BCUT2D eigenvalue weighted by molar-refractivity contribution is 5.96. The zero-order chi connectivity index (χ0) is 13.4. The van der Waals surface area contributed by atoms with E-state index in [1.54, 1.807) is 31.4 Å². The number of carbonyl (C=O) groups is 2. The largest absolute Gasteiger partial charge is 0.497 e. The van der Waals surface area contributed by atoms with Gasteiger partial charge in [-0.05, 0) is 37.1 Å². The molecule has 0 aromatic heterocycles. The molecule has 0 saturated carbocycles.